The van der Waals surface area contributed by atoms with Crippen LogP contribution in [-0.4, -0.2) is 31.0 Å². The number of nitro benzene ring substituents is 1. The quantitative estimate of drug-likeness (QED) is 0.228. The maximum absolute atomic E-state index is 12.4. The van der Waals surface area contributed by atoms with Crippen LogP contribution in [0.2, 0.25) is 0 Å². The number of nitrogens with one attached hydrogen (secondary N) is 1. The third kappa shape index (κ3) is 6.48. The monoisotopic (exact) mass is 448 g/mol. The minimum atomic E-state index is -3.63. The summed E-state index contributed by atoms with van der Waals surface area (Å²) < 4.78 is 27.6. The van der Waals surface area contributed by atoms with Crippen LogP contribution in [0.4, 0.5) is 5.69 Å². The highest BCUT2D eigenvalue weighted by Crippen LogP contribution is 2.52. The molecule has 0 aromatic heterocycles. The van der Waals surface area contributed by atoms with Crippen LogP contribution in [0.3, 0.4) is 0 Å². The molecule has 9 heteroatoms. The van der Waals surface area contributed by atoms with Gasteiger partial charge in [-0.05, 0) is 79.5 Å². The zero-order valence-corrected chi connectivity index (χ0v) is 18.0. The number of fused-ring (bicyclic) bond motifs is 2. The molecule has 2 fully saturated rings. The maximum atomic E-state index is 12.4. The zero-order chi connectivity index (χ0) is 22.4. The number of unbranched alkanes of at least 4 members (excludes halogenated alkanes) is 1. The van der Waals surface area contributed by atoms with E-state index in [0.717, 1.165) is 31.1 Å². The van der Waals surface area contributed by atoms with Crippen molar-refractivity contribution in [3.8, 4) is 0 Å². The van der Waals surface area contributed by atoms with Crippen molar-refractivity contribution in [3.63, 3.8) is 0 Å². The van der Waals surface area contributed by atoms with E-state index in [0.29, 0.717) is 36.3 Å². The van der Waals surface area contributed by atoms with Crippen LogP contribution >= 0.6 is 0 Å². The fraction of sp³-hybridized carbons (Fsp3) is 0.500. The molecule has 2 N–H and O–H groups in total. The van der Waals surface area contributed by atoms with Gasteiger partial charge >= 0.3 is 5.97 Å². The Morgan fingerprint density at radius 3 is 2.61 bits per heavy atom. The number of nitrogens with zero attached hydrogens (tertiary/aromatic N) is 1. The topological polar surface area (TPSA) is 127 Å². The molecule has 0 spiro atoms. The average molecular weight is 449 g/mol. The third-order valence-electron chi connectivity index (χ3n) is 6.34. The van der Waals surface area contributed by atoms with Crippen molar-refractivity contribution in [3.05, 3.63) is 57.5 Å². The molecule has 31 heavy (non-hydrogen) atoms. The first-order valence-corrected chi connectivity index (χ1v) is 12.1. The molecule has 0 saturated heterocycles. The van der Waals surface area contributed by atoms with E-state index >= 15 is 0 Å². The Hall–Kier alpha value is -2.52. The van der Waals surface area contributed by atoms with Crippen LogP contribution in [0.25, 0.3) is 6.08 Å². The van der Waals surface area contributed by atoms with Gasteiger partial charge in [-0.15, -0.1) is 0 Å². The molecule has 3 rings (SSSR count). The zero-order valence-electron chi connectivity index (χ0n) is 17.2. The van der Waals surface area contributed by atoms with E-state index in [1.807, 2.05) is 6.08 Å². The second kappa shape index (κ2) is 10.2. The van der Waals surface area contributed by atoms with Crippen molar-refractivity contribution < 1.29 is 23.2 Å². The van der Waals surface area contributed by atoms with Crippen LogP contribution in [-0.2, 0) is 14.8 Å². The lowest BCUT2D eigenvalue weighted by Crippen LogP contribution is -2.34. The molecule has 0 radical (unpaired) electrons. The maximum Gasteiger partial charge on any atom is 0.303 e. The van der Waals surface area contributed by atoms with Crippen molar-refractivity contribution >= 4 is 27.8 Å². The molecule has 2 aliphatic carbocycles. The SMILES string of the molecule is O=C(O)CCC/C=C/C1C2CCC(C2)C1CNS(=O)(=O)/C=C/c1ccc([N+](=O)[O-])cc1. The number of carboxylic acids is 1. The van der Waals surface area contributed by atoms with Gasteiger partial charge in [-0.25, -0.2) is 13.1 Å². The summed E-state index contributed by atoms with van der Waals surface area (Å²) in [6.45, 7) is 0.373. The lowest BCUT2D eigenvalue weighted by Gasteiger charge is -2.29. The molecule has 1 aromatic rings. The van der Waals surface area contributed by atoms with Gasteiger partial charge in [-0.1, -0.05) is 12.2 Å². The summed E-state index contributed by atoms with van der Waals surface area (Å²) in [6.07, 6.45) is 10.5. The van der Waals surface area contributed by atoms with E-state index in [4.69, 9.17) is 5.11 Å². The number of hydrogen-bond acceptors (Lipinski definition) is 5. The summed E-state index contributed by atoms with van der Waals surface area (Å²) in [7, 11) is -3.63. The first-order chi connectivity index (χ1) is 14.7. The molecule has 0 amide bonds. The number of allylic oxidation sites excluding steroid dienone is 2. The first-order valence-electron chi connectivity index (χ1n) is 10.6. The highest BCUT2D eigenvalue weighted by atomic mass is 32.2. The summed E-state index contributed by atoms with van der Waals surface area (Å²) in [6, 6.07) is 5.68. The van der Waals surface area contributed by atoms with Gasteiger partial charge in [0, 0.05) is 30.5 Å². The van der Waals surface area contributed by atoms with Crippen molar-refractivity contribution in [1.29, 1.82) is 0 Å². The first kappa shape index (κ1) is 23.1. The molecular weight excluding hydrogens is 420 g/mol. The minimum absolute atomic E-state index is 0.0449. The van der Waals surface area contributed by atoms with E-state index in [9.17, 15) is 23.3 Å². The van der Waals surface area contributed by atoms with Crippen LogP contribution in [0, 0.1) is 33.8 Å². The van der Waals surface area contributed by atoms with Gasteiger partial charge in [0.2, 0.25) is 10.0 Å². The highest BCUT2D eigenvalue weighted by Gasteiger charge is 2.46. The number of benzene rings is 1. The Morgan fingerprint density at radius 2 is 1.94 bits per heavy atom. The molecule has 2 bridgehead atoms. The second-order valence-corrected chi connectivity index (χ2v) is 9.98. The lowest BCUT2D eigenvalue weighted by molar-refractivity contribution is -0.384. The molecule has 8 nitrogen and oxygen atoms in total. The molecule has 0 heterocycles. The van der Waals surface area contributed by atoms with Gasteiger partial charge < -0.3 is 5.11 Å². The molecule has 168 valence electrons. The van der Waals surface area contributed by atoms with E-state index in [1.165, 1.54) is 30.3 Å². The Morgan fingerprint density at radius 1 is 1.23 bits per heavy atom. The van der Waals surface area contributed by atoms with Crippen LogP contribution in [0.1, 0.15) is 44.1 Å². The number of carboxylic acid groups (broad SMARTS) is 1. The predicted molar refractivity (Wildman–Crippen MR) is 117 cm³/mol. The standard InChI is InChI=1S/C22H28N2O6S/c25-22(26)5-3-1-2-4-20-17-8-9-18(14-17)21(20)15-23-31(29,30)13-12-16-6-10-19(11-7-16)24(27)28/h2,4,6-7,10-13,17-18,20-21,23H,1,3,5,8-9,14-15H2,(H,25,26)/b4-2+,13-12+. The lowest BCUT2D eigenvalue weighted by atomic mass is 9.79. The number of carbonyl (C=O) groups is 1. The van der Waals surface area contributed by atoms with Crippen LogP contribution < -0.4 is 4.72 Å². The molecular formula is C22H28N2O6S. The third-order valence-corrected chi connectivity index (χ3v) is 7.40. The van der Waals surface area contributed by atoms with Gasteiger partial charge in [0.25, 0.3) is 5.69 Å². The van der Waals surface area contributed by atoms with E-state index in [-0.39, 0.29) is 18.0 Å². The highest BCUT2D eigenvalue weighted by molar-refractivity contribution is 7.92. The Balaban J connectivity index is 1.55. The Kier molecular flexibility index (Phi) is 7.61. The summed E-state index contributed by atoms with van der Waals surface area (Å²) in [4.78, 5) is 20.8. The summed E-state index contributed by atoms with van der Waals surface area (Å²) in [5.74, 6) is 0.871. The van der Waals surface area contributed by atoms with Crippen molar-refractivity contribution in [1.82, 2.24) is 4.72 Å². The summed E-state index contributed by atoms with van der Waals surface area (Å²) in [5, 5.41) is 20.5. The van der Waals surface area contributed by atoms with E-state index in [2.05, 4.69) is 10.8 Å². The Labute approximate surface area is 182 Å². The summed E-state index contributed by atoms with van der Waals surface area (Å²) in [5.41, 5.74) is 0.523. The van der Waals surface area contributed by atoms with Gasteiger partial charge in [-0.3, -0.25) is 14.9 Å². The number of sulfonamides is 1. The summed E-state index contributed by atoms with van der Waals surface area (Å²) >= 11 is 0. The molecule has 0 aliphatic heterocycles. The smallest absolute Gasteiger partial charge is 0.303 e. The van der Waals surface area contributed by atoms with Gasteiger partial charge in [0.15, 0.2) is 0 Å². The minimum Gasteiger partial charge on any atom is -0.481 e. The average Bonchev–Trinajstić information content (AvgIpc) is 3.32. The number of aliphatic carboxylic acids is 1. The fourth-order valence-corrected chi connectivity index (χ4v) is 5.68. The number of rotatable bonds is 11. The molecule has 1 aromatic carbocycles. The van der Waals surface area contributed by atoms with Crippen molar-refractivity contribution in [2.24, 2.45) is 23.7 Å². The Bertz CT molecular complexity index is 955. The van der Waals surface area contributed by atoms with Gasteiger partial charge in [-0.2, -0.15) is 0 Å². The normalized spacial score (nSPS) is 25.5. The molecule has 2 aliphatic rings. The van der Waals surface area contributed by atoms with Crippen LogP contribution in [0.5, 0.6) is 0 Å². The van der Waals surface area contributed by atoms with Gasteiger partial charge in [0.05, 0.1) is 4.92 Å². The predicted octanol–water partition coefficient (Wildman–Crippen LogP) is 3.96. The van der Waals surface area contributed by atoms with E-state index < -0.39 is 20.9 Å². The van der Waals surface area contributed by atoms with E-state index in [1.54, 1.807) is 0 Å². The number of nitro groups is 1. The van der Waals surface area contributed by atoms with Crippen molar-refractivity contribution in [2.75, 3.05) is 6.54 Å². The number of hydrogen-bond donors (Lipinski definition) is 2. The number of non-ortho nitro benzene ring substituents is 1. The van der Waals surface area contributed by atoms with Gasteiger partial charge in [0.1, 0.15) is 0 Å². The van der Waals surface area contributed by atoms with Crippen molar-refractivity contribution in [2.45, 2.75) is 38.5 Å². The van der Waals surface area contributed by atoms with Crippen LogP contribution in [0.15, 0.2) is 41.8 Å². The second-order valence-electron chi connectivity index (χ2n) is 8.33. The molecule has 2 saturated carbocycles. The molecule has 4 unspecified atom stereocenters. The largest absolute Gasteiger partial charge is 0.481 e. The molecule has 4 atom stereocenters. The fourth-order valence-electron chi connectivity index (χ4n) is 4.82.